The van der Waals surface area contributed by atoms with Gasteiger partial charge in [0.15, 0.2) is 0 Å². The first-order valence-electron chi connectivity index (χ1n) is 12.3. The number of unbranched alkanes of at least 4 members (excludes halogenated alkanes) is 16. The van der Waals surface area contributed by atoms with Crippen molar-refractivity contribution in [3.63, 3.8) is 0 Å². The smallest absolute Gasteiger partial charge is 0.0256 e. The van der Waals surface area contributed by atoms with Crippen LogP contribution < -0.4 is 0 Å². The number of hydroxylamine groups is 4. The summed E-state index contributed by atoms with van der Waals surface area (Å²) in [5.74, 6) is 0. The van der Waals surface area contributed by atoms with Crippen LogP contribution in [0.2, 0.25) is 0 Å². The number of hydrogen-bond donors (Lipinski definition) is 0. The standard InChI is InChI=1S/C24H52N2O/c1-5-7-9-11-13-15-17-19-21-23-25(3)27-26(4)24-22-20-18-16-14-12-10-8-6-2/h5-24H2,1-4H3. The molecule has 3 nitrogen and oxygen atoms in total. The Morgan fingerprint density at radius 3 is 0.963 bits per heavy atom. The predicted octanol–water partition coefficient (Wildman–Crippen LogP) is 7.76. The third-order valence-electron chi connectivity index (χ3n) is 5.43. The van der Waals surface area contributed by atoms with Crippen LogP contribution in [0.4, 0.5) is 0 Å². The van der Waals surface area contributed by atoms with Crippen LogP contribution in [0.25, 0.3) is 0 Å². The zero-order valence-corrected chi connectivity index (χ0v) is 19.4. The fourth-order valence-electron chi connectivity index (χ4n) is 3.61. The van der Waals surface area contributed by atoms with Gasteiger partial charge in [0.1, 0.15) is 0 Å². The third-order valence-corrected chi connectivity index (χ3v) is 5.43. The largest absolute Gasteiger partial charge is 0.209 e. The van der Waals surface area contributed by atoms with Crippen molar-refractivity contribution in [3.8, 4) is 0 Å². The van der Waals surface area contributed by atoms with Gasteiger partial charge in [0.2, 0.25) is 0 Å². The van der Waals surface area contributed by atoms with E-state index in [1.807, 2.05) is 10.1 Å². The van der Waals surface area contributed by atoms with Gasteiger partial charge in [-0.2, -0.15) is 10.1 Å². The first-order valence-corrected chi connectivity index (χ1v) is 12.3. The number of nitrogens with zero attached hydrogens (tertiary/aromatic N) is 2. The fraction of sp³-hybridized carbons (Fsp3) is 1.00. The molecule has 0 saturated carbocycles. The molecular formula is C24H52N2O. The molecule has 0 heterocycles. The zero-order chi connectivity index (χ0) is 20.0. The van der Waals surface area contributed by atoms with Gasteiger partial charge in [-0.3, -0.25) is 0 Å². The Labute approximate surface area is 172 Å². The molecule has 0 aliphatic heterocycles. The van der Waals surface area contributed by atoms with Crippen molar-refractivity contribution in [1.82, 2.24) is 10.1 Å². The summed E-state index contributed by atoms with van der Waals surface area (Å²) in [5, 5.41) is 4.02. The summed E-state index contributed by atoms with van der Waals surface area (Å²) < 4.78 is 0. The van der Waals surface area contributed by atoms with Gasteiger partial charge < -0.3 is 0 Å². The van der Waals surface area contributed by atoms with E-state index in [0.717, 1.165) is 13.1 Å². The Hall–Kier alpha value is -0.120. The van der Waals surface area contributed by atoms with E-state index in [0.29, 0.717) is 0 Å². The lowest BCUT2D eigenvalue weighted by Crippen LogP contribution is -2.31. The lowest BCUT2D eigenvalue weighted by atomic mass is 10.1. The van der Waals surface area contributed by atoms with Crippen molar-refractivity contribution in [2.45, 2.75) is 129 Å². The summed E-state index contributed by atoms with van der Waals surface area (Å²) in [5.41, 5.74) is 0. The molecule has 0 aromatic carbocycles. The molecule has 3 heteroatoms. The van der Waals surface area contributed by atoms with Crippen LogP contribution >= 0.6 is 0 Å². The van der Waals surface area contributed by atoms with Crippen molar-refractivity contribution in [2.24, 2.45) is 0 Å². The van der Waals surface area contributed by atoms with Crippen molar-refractivity contribution in [1.29, 1.82) is 0 Å². The van der Waals surface area contributed by atoms with Crippen LogP contribution in [-0.2, 0) is 4.94 Å². The maximum Gasteiger partial charge on any atom is 0.0256 e. The second-order valence-corrected chi connectivity index (χ2v) is 8.44. The average Bonchev–Trinajstić information content (AvgIpc) is 2.65. The molecule has 0 bridgehead atoms. The normalized spacial score (nSPS) is 11.8. The summed E-state index contributed by atoms with van der Waals surface area (Å²) in [6.45, 7) is 6.65. The molecule has 0 spiro atoms. The van der Waals surface area contributed by atoms with Gasteiger partial charge in [0, 0.05) is 27.2 Å². The van der Waals surface area contributed by atoms with Crippen LogP contribution in [0.5, 0.6) is 0 Å². The minimum atomic E-state index is 1.04. The van der Waals surface area contributed by atoms with Gasteiger partial charge in [-0.15, -0.1) is 0 Å². The van der Waals surface area contributed by atoms with Crippen molar-refractivity contribution in [2.75, 3.05) is 27.2 Å². The SMILES string of the molecule is CCCCCCCCCCCN(C)ON(C)CCCCCCCCCCC. The fourth-order valence-corrected chi connectivity index (χ4v) is 3.61. The maximum absolute atomic E-state index is 5.86. The molecule has 0 unspecified atom stereocenters. The van der Waals surface area contributed by atoms with Crippen molar-refractivity contribution < 1.29 is 4.94 Å². The summed E-state index contributed by atoms with van der Waals surface area (Å²) in [7, 11) is 4.13. The second kappa shape index (κ2) is 22.2. The summed E-state index contributed by atoms with van der Waals surface area (Å²) >= 11 is 0. The molecule has 0 aromatic rings. The zero-order valence-electron chi connectivity index (χ0n) is 19.4. The molecule has 0 amide bonds. The van der Waals surface area contributed by atoms with E-state index in [-0.39, 0.29) is 0 Å². The molecule has 0 radical (unpaired) electrons. The van der Waals surface area contributed by atoms with E-state index in [1.54, 1.807) is 0 Å². The van der Waals surface area contributed by atoms with Crippen LogP contribution in [0.1, 0.15) is 129 Å². The number of hydrogen-bond acceptors (Lipinski definition) is 3. The van der Waals surface area contributed by atoms with E-state index >= 15 is 0 Å². The Bertz CT molecular complexity index is 247. The van der Waals surface area contributed by atoms with Gasteiger partial charge in [-0.1, -0.05) is 117 Å². The van der Waals surface area contributed by atoms with Gasteiger partial charge in [0.25, 0.3) is 0 Å². The maximum atomic E-state index is 5.86. The molecular weight excluding hydrogens is 332 g/mol. The first kappa shape index (κ1) is 26.9. The molecule has 27 heavy (non-hydrogen) atoms. The molecule has 0 N–H and O–H groups in total. The van der Waals surface area contributed by atoms with Gasteiger partial charge in [-0.05, 0) is 12.8 Å². The summed E-state index contributed by atoms with van der Waals surface area (Å²) in [6.07, 6.45) is 24.8. The lowest BCUT2D eigenvalue weighted by molar-refractivity contribution is -0.304. The molecule has 0 aliphatic rings. The summed E-state index contributed by atoms with van der Waals surface area (Å²) in [6, 6.07) is 0. The molecule has 0 fully saturated rings. The minimum Gasteiger partial charge on any atom is -0.209 e. The lowest BCUT2D eigenvalue weighted by Gasteiger charge is -2.23. The van der Waals surface area contributed by atoms with Crippen LogP contribution in [0.15, 0.2) is 0 Å². The Morgan fingerprint density at radius 2 is 0.667 bits per heavy atom. The van der Waals surface area contributed by atoms with Gasteiger partial charge in [0.05, 0.1) is 0 Å². The van der Waals surface area contributed by atoms with Crippen LogP contribution in [0, 0.1) is 0 Å². The Balaban J connectivity index is 3.30. The van der Waals surface area contributed by atoms with E-state index in [2.05, 4.69) is 27.9 Å². The Morgan fingerprint density at radius 1 is 0.407 bits per heavy atom. The molecule has 0 rings (SSSR count). The Kier molecular flexibility index (Phi) is 22.1. The van der Waals surface area contributed by atoms with E-state index in [1.165, 1.54) is 116 Å². The highest BCUT2D eigenvalue weighted by molar-refractivity contribution is 4.49. The van der Waals surface area contributed by atoms with Crippen LogP contribution in [0.3, 0.4) is 0 Å². The second-order valence-electron chi connectivity index (χ2n) is 8.44. The molecule has 0 aliphatic carbocycles. The number of rotatable bonds is 22. The summed E-state index contributed by atoms with van der Waals surface area (Å²) in [4.78, 5) is 5.86. The first-order chi connectivity index (χ1) is 13.2. The predicted molar refractivity (Wildman–Crippen MR) is 121 cm³/mol. The molecule has 164 valence electrons. The van der Waals surface area contributed by atoms with E-state index in [9.17, 15) is 0 Å². The minimum absolute atomic E-state index is 1.04. The molecule has 0 atom stereocenters. The quantitative estimate of drug-likeness (QED) is 0.140. The third kappa shape index (κ3) is 22.0. The monoisotopic (exact) mass is 384 g/mol. The van der Waals surface area contributed by atoms with E-state index in [4.69, 9.17) is 4.94 Å². The highest BCUT2D eigenvalue weighted by Gasteiger charge is 2.04. The molecule has 0 aromatic heterocycles. The van der Waals surface area contributed by atoms with Crippen molar-refractivity contribution >= 4 is 0 Å². The highest BCUT2D eigenvalue weighted by Crippen LogP contribution is 2.11. The van der Waals surface area contributed by atoms with E-state index < -0.39 is 0 Å². The average molecular weight is 385 g/mol. The highest BCUT2D eigenvalue weighted by atomic mass is 16.8. The topological polar surface area (TPSA) is 15.7 Å². The van der Waals surface area contributed by atoms with Gasteiger partial charge in [-0.25, -0.2) is 4.94 Å². The van der Waals surface area contributed by atoms with Crippen LogP contribution in [-0.4, -0.2) is 37.3 Å². The van der Waals surface area contributed by atoms with Crippen molar-refractivity contribution in [3.05, 3.63) is 0 Å². The molecule has 0 saturated heterocycles. The van der Waals surface area contributed by atoms with Gasteiger partial charge >= 0.3 is 0 Å².